The Bertz CT molecular complexity index is 295. The van der Waals surface area contributed by atoms with Crippen LogP contribution in [0.5, 0.6) is 0 Å². The van der Waals surface area contributed by atoms with Gasteiger partial charge in [0.2, 0.25) is 0 Å². The number of hydrogen-bond acceptors (Lipinski definition) is 4. The molecule has 0 fully saturated rings. The molecule has 4 heteroatoms. The van der Waals surface area contributed by atoms with E-state index in [9.17, 15) is 0 Å². The molecule has 2 heterocycles. The molecule has 0 aromatic carbocycles. The highest BCUT2D eigenvalue weighted by Crippen LogP contribution is 2.08. The van der Waals surface area contributed by atoms with Crippen molar-refractivity contribution in [1.29, 1.82) is 0 Å². The lowest BCUT2D eigenvalue weighted by atomic mass is 10.1. The summed E-state index contributed by atoms with van der Waals surface area (Å²) in [4.78, 5) is 9.07. The van der Waals surface area contributed by atoms with Gasteiger partial charge in [0.15, 0.2) is 5.96 Å². The molecule has 2 aliphatic heterocycles. The van der Waals surface area contributed by atoms with E-state index in [4.69, 9.17) is 0 Å². The molecule has 0 unspecified atom stereocenters. The van der Waals surface area contributed by atoms with Crippen LogP contribution in [0.1, 0.15) is 13.3 Å². The molecule has 0 aromatic rings. The fraction of sp³-hybridized carbons (Fsp3) is 0.750. The van der Waals surface area contributed by atoms with E-state index in [-0.39, 0.29) is 0 Å². The third-order valence-corrected chi connectivity index (χ3v) is 3.29. The second kappa shape index (κ2) is 5.34. The smallest absolute Gasteiger partial charge is 0.193 e. The van der Waals surface area contributed by atoms with Gasteiger partial charge in [0.1, 0.15) is 0 Å². The Morgan fingerprint density at radius 3 is 2.94 bits per heavy atom. The van der Waals surface area contributed by atoms with Crippen molar-refractivity contribution in [2.75, 3.05) is 46.3 Å². The molecule has 0 bridgehead atoms. The first-order valence-electron chi connectivity index (χ1n) is 6.13. The molecule has 2 aliphatic rings. The van der Waals surface area contributed by atoms with Crippen molar-refractivity contribution < 1.29 is 0 Å². The van der Waals surface area contributed by atoms with Crippen LogP contribution < -0.4 is 5.32 Å². The van der Waals surface area contributed by atoms with Crippen molar-refractivity contribution in [1.82, 2.24) is 15.1 Å². The normalized spacial score (nSPS) is 22.0. The SMILES string of the molecule is CC1=CCN(CCNC2=NCCN2C)CC1. The molecule has 0 aromatic heterocycles. The summed E-state index contributed by atoms with van der Waals surface area (Å²) >= 11 is 0. The van der Waals surface area contributed by atoms with E-state index in [2.05, 4.69) is 40.2 Å². The zero-order chi connectivity index (χ0) is 11.4. The Kier molecular flexibility index (Phi) is 3.83. The Balaban J connectivity index is 1.65. The summed E-state index contributed by atoms with van der Waals surface area (Å²) in [6.07, 6.45) is 3.56. The zero-order valence-corrected chi connectivity index (χ0v) is 10.4. The molecule has 0 amide bonds. The van der Waals surface area contributed by atoms with Gasteiger partial charge in [-0.1, -0.05) is 11.6 Å². The fourth-order valence-electron chi connectivity index (χ4n) is 2.07. The molecule has 0 radical (unpaired) electrons. The topological polar surface area (TPSA) is 30.9 Å². The molecule has 0 atom stereocenters. The van der Waals surface area contributed by atoms with Gasteiger partial charge in [-0.15, -0.1) is 0 Å². The van der Waals surface area contributed by atoms with E-state index in [0.29, 0.717) is 0 Å². The molecule has 90 valence electrons. The van der Waals surface area contributed by atoms with Gasteiger partial charge in [0.25, 0.3) is 0 Å². The van der Waals surface area contributed by atoms with Crippen LogP contribution in [0.15, 0.2) is 16.6 Å². The highest BCUT2D eigenvalue weighted by atomic mass is 15.3. The minimum absolute atomic E-state index is 0.935. The summed E-state index contributed by atoms with van der Waals surface area (Å²) in [6.45, 7) is 8.62. The summed E-state index contributed by atoms with van der Waals surface area (Å²) in [5, 5.41) is 3.40. The molecular weight excluding hydrogens is 200 g/mol. The average molecular weight is 222 g/mol. The standard InChI is InChI=1S/C12H22N4/c1-11-3-7-16(8-4-11)10-6-14-12-13-5-9-15(12)2/h3H,4-10H2,1-2H3,(H,13,14). The minimum atomic E-state index is 0.935. The van der Waals surface area contributed by atoms with Crippen LogP contribution in [0.2, 0.25) is 0 Å². The third kappa shape index (κ3) is 2.98. The van der Waals surface area contributed by atoms with Gasteiger partial charge >= 0.3 is 0 Å². The summed E-state index contributed by atoms with van der Waals surface area (Å²) in [5.41, 5.74) is 1.53. The average Bonchev–Trinajstić information content (AvgIpc) is 2.68. The number of likely N-dealkylation sites (N-methyl/N-ethyl adjacent to an activating group) is 1. The van der Waals surface area contributed by atoms with E-state index in [1.54, 1.807) is 0 Å². The fourth-order valence-corrected chi connectivity index (χ4v) is 2.07. The molecule has 0 saturated carbocycles. The van der Waals surface area contributed by atoms with Crippen LogP contribution in [0.4, 0.5) is 0 Å². The van der Waals surface area contributed by atoms with E-state index in [0.717, 1.165) is 38.7 Å². The number of rotatable bonds is 3. The van der Waals surface area contributed by atoms with Gasteiger partial charge in [-0.25, -0.2) is 0 Å². The number of guanidine groups is 1. The molecule has 2 rings (SSSR count). The van der Waals surface area contributed by atoms with Crippen molar-refractivity contribution in [3.8, 4) is 0 Å². The maximum Gasteiger partial charge on any atom is 0.193 e. The summed E-state index contributed by atoms with van der Waals surface area (Å²) in [6, 6.07) is 0. The lowest BCUT2D eigenvalue weighted by molar-refractivity contribution is 0.297. The lowest BCUT2D eigenvalue weighted by Gasteiger charge is -2.25. The van der Waals surface area contributed by atoms with Crippen molar-refractivity contribution in [3.63, 3.8) is 0 Å². The second-order valence-corrected chi connectivity index (χ2v) is 4.65. The predicted octanol–water partition coefficient (Wildman–Crippen LogP) is 0.529. The van der Waals surface area contributed by atoms with Gasteiger partial charge < -0.3 is 10.2 Å². The van der Waals surface area contributed by atoms with E-state index in [1.807, 2.05) is 0 Å². The largest absolute Gasteiger partial charge is 0.355 e. The first-order chi connectivity index (χ1) is 7.75. The molecular formula is C12H22N4. The maximum absolute atomic E-state index is 4.41. The Morgan fingerprint density at radius 1 is 1.44 bits per heavy atom. The van der Waals surface area contributed by atoms with E-state index in [1.165, 1.54) is 18.5 Å². The predicted molar refractivity (Wildman–Crippen MR) is 67.7 cm³/mol. The number of aliphatic imine (C=N–C) groups is 1. The van der Waals surface area contributed by atoms with Crippen LogP contribution >= 0.6 is 0 Å². The van der Waals surface area contributed by atoms with Gasteiger partial charge in [0, 0.05) is 39.8 Å². The minimum Gasteiger partial charge on any atom is -0.355 e. The molecule has 0 aliphatic carbocycles. The molecule has 0 saturated heterocycles. The van der Waals surface area contributed by atoms with Crippen LogP contribution in [-0.4, -0.2) is 62.1 Å². The third-order valence-electron chi connectivity index (χ3n) is 3.29. The monoisotopic (exact) mass is 222 g/mol. The molecule has 1 N–H and O–H groups in total. The van der Waals surface area contributed by atoms with Crippen LogP contribution in [0.3, 0.4) is 0 Å². The van der Waals surface area contributed by atoms with Crippen molar-refractivity contribution in [2.24, 2.45) is 4.99 Å². The highest BCUT2D eigenvalue weighted by molar-refractivity contribution is 5.81. The van der Waals surface area contributed by atoms with Crippen LogP contribution in [0, 0.1) is 0 Å². The zero-order valence-electron chi connectivity index (χ0n) is 10.4. The van der Waals surface area contributed by atoms with Gasteiger partial charge in [0.05, 0.1) is 6.54 Å². The van der Waals surface area contributed by atoms with Gasteiger partial charge in [-0.2, -0.15) is 0 Å². The number of nitrogens with one attached hydrogen (secondary N) is 1. The van der Waals surface area contributed by atoms with Crippen molar-refractivity contribution >= 4 is 5.96 Å². The van der Waals surface area contributed by atoms with Crippen molar-refractivity contribution in [3.05, 3.63) is 11.6 Å². The Labute approximate surface area is 98.0 Å². The Hall–Kier alpha value is -1.03. The summed E-state index contributed by atoms with van der Waals surface area (Å²) in [7, 11) is 2.09. The Morgan fingerprint density at radius 2 is 2.31 bits per heavy atom. The van der Waals surface area contributed by atoms with Crippen LogP contribution in [-0.2, 0) is 0 Å². The number of hydrogen-bond donors (Lipinski definition) is 1. The van der Waals surface area contributed by atoms with Crippen molar-refractivity contribution in [2.45, 2.75) is 13.3 Å². The molecule has 4 nitrogen and oxygen atoms in total. The highest BCUT2D eigenvalue weighted by Gasteiger charge is 2.12. The maximum atomic E-state index is 4.41. The lowest BCUT2D eigenvalue weighted by Crippen LogP contribution is -2.41. The summed E-state index contributed by atoms with van der Waals surface area (Å²) in [5.74, 6) is 1.06. The second-order valence-electron chi connectivity index (χ2n) is 4.65. The first kappa shape index (κ1) is 11.5. The van der Waals surface area contributed by atoms with E-state index < -0.39 is 0 Å². The molecule has 0 spiro atoms. The quantitative estimate of drug-likeness (QED) is 0.707. The summed E-state index contributed by atoms with van der Waals surface area (Å²) < 4.78 is 0. The van der Waals surface area contributed by atoms with E-state index >= 15 is 0 Å². The van der Waals surface area contributed by atoms with Gasteiger partial charge in [-0.05, 0) is 13.3 Å². The van der Waals surface area contributed by atoms with Gasteiger partial charge in [-0.3, -0.25) is 9.89 Å². The number of nitrogens with zero attached hydrogens (tertiary/aromatic N) is 3. The molecule has 16 heavy (non-hydrogen) atoms. The first-order valence-corrected chi connectivity index (χ1v) is 6.13. The van der Waals surface area contributed by atoms with Crippen LogP contribution in [0.25, 0.3) is 0 Å².